The number of rotatable bonds is 0. The Labute approximate surface area is 60.1 Å². The Morgan fingerprint density at radius 2 is 2.40 bits per heavy atom. The lowest BCUT2D eigenvalue weighted by molar-refractivity contribution is 0.392. The van der Waals surface area contributed by atoms with Crippen LogP contribution in [-0.2, 0) is 0 Å². The van der Waals surface area contributed by atoms with Crippen molar-refractivity contribution in [3.05, 3.63) is 18.2 Å². The van der Waals surface area contributed by atoms with Crippen LogP contribution in [0.4, 0.5) is 0 Å². The van der Waals surface area contributed by atoms with Crippen molar-refractivity contribution in [2.45, 2.75) is 0 Å². The molecule has 2 heterocycles. The van der Waals surface area contributed by atoms with E-state index < -0.39 is 0 Å². The molecule has 0 unspecified atom stereocenters. The maximum absolute atomic E-state index is 4.11. The van der Waals surface area contributed by atoms with Crippen molar-refractivity contribution >= 4 is 11.5 Å². The van der Waals surface area contributed by atoms with Crippen LogP contribution in [0.5, 0.6) is 0 Å². The van der Waals surface area contributed by atoms with Gasteiger partial charge in [-0.05, 0) is 16.7 Å². The van der Waals surface area contributed by atoms with E-state index >= 15 is 0 Å². The molecule has 0 N–H and O–H groups in total. The van der Waals surface area contributed by atoms with Gasteiger partial charge in [0.1, 0.15) is 11.8 Å². The Morgan fingerprint density at radius 1 is 1.40 bits per heavy atom. The van der Waals surface area contributed by atoms with Crippen molar-refractivity contribution in [2.75, 3.05) is 0 Å². The fourth-order valence-corrected chi connectivity index (χ4v) is 0.514. The summed E-state index contributed by atoms with van der Waals surface area (Å²) in [5, 5.41) is 9.24. The fourth-order valence-electron chi connectivity index (χ4n) is 0.241. The van der Waals surface area contributed by atoms with E-state index in [-0.39, 0.29) is 0 Å². The minimum Gasteiger partial charge on any atom is -0.324 e. The van der Waals surface area contributed by atoms with Gasteiger partial charge in [-0.25, -0.2) is 4.98 Å². The van der Waals surface area contributed by atoms with E-state index in [1.165, 1.54) is 17.9 Å². The lowest BCUT2D eigenvalue weighted by Crippen LogP contribution is -1.61. The molecule has 0 aromatic carbocycles. The lowest BCUT2D eigenvalue weighted by Gasteiger charge is -1.41. The molecule has 7 heteroatoms. The average Bonchev–Trinajstić information content (AvgIpc) is 2.67. The maximum Gasteiger partial charge on any atom is 0.235 e. The van der Waals surface area contributed by atoms with Crippen LogP contribution in [0.1, 0.15) is 0 Å². The number of nitrogens with zero attached hydrogens (tertiary/aromatic N) is 5. The fraction of sp³-hybridized carbons (Fsp3) is 0. The van der Waals surface area contributed by atoms with Crippen LogP contribution in [0.15, 0.2) is 22.8 Å². The molecule has 0 spiro atoms. The van der Waals surface area contributed by atoms with Crippen LogP contribution in [-0.4, -0.2) is 24.9 Å². The summed E-state index contributed by atoms with van der Waals surface area (Å²) in [4.78, 5) is 3.63. The molecular formula is C3H3N5OS. The quantitative estimate of drug-likeness (QED) is 0.535. The van der Waals surface area contributed by atoms with Gasteiger partial charge in [-0.2, -0.15) is 4.37 Å². The van der Waals surface area contributed by atoms with E-state index in [2.05, 4.69) is 29.5 Å². The number of hydrogen-bond donors (Lipinski definition) is 0. The highest BCUT2D eigenvalue weighted by Gasteiger charge is 1.62. The van der Waals surface area contributed by atoms with Crippen LogP contribution < -0.4 is 0 Å². The third-order valence-electron chi connectivity index (χ3n) is 0.512. The number of aromatic nitrogens is 5. The first kappa shape index (κ1) is 6.75. The minimum absolute atomic E-state index is 1.15. The molecule has 0 aliphatic heterocycles. The molecule has 0 saturated heterocycles. The smallest absolute Gasteiger partial charge is 0.235 e. The second-order valence-corrected chi connectivity index (χ2v) is 1.71. The van der Waals surface area contributed by atoms with Crippen molar-refractivity contribution in [1.82, 2.24) is 24.9 Å². The van der Waals surface area contributed by atoms with Gasteiger partial charge in [-0.3, -0.25) is 0 Å². The molecule has 0 bridgehead atoms. The molecule has 52 valence electrons. The summed E-state index contributed by atoms with van der Waals surface area (Å²) in [7, 11) is 0. The van der Waals surface area contributed by atoms with Crippen LogP contribution in [0.2, 0.25) is 0 Å². The summed E-state index contributed by atoms with van der Waals surface area (Å²) in [6.45, 7) is 0. The SMILES string of the molecule is c1ncsn1.c1nnno1. The van der Waals surface area contributed by atoms with Gasteiger partial charge in [-0.1, -0.05) is 5.10 Å². The largest absolute Gasteiger partial charge is 0.324 e. The van der Waals surface area contributed by atoms with Crippen LogP contribution >= 0.6 is 11.5 Å². The average molecular weight is 157 g/mol. The monoisotopic (exact) mass is 157 g/mol. The molecule has 0 fully saturated rings. The zero-order chi connectivity index (χ0) is 7.07. The topological polar surface area (TPSA) is 77.6 Å². The predicted molar refractivity (Wildman–Crippen MR) is 32.0 cm³/mol. The Hall–Kier alpha value is -1.37. The first-order chi connectivity index (χ1) is 5.00. The molecule has 0 radical (unpaired) electrons. The molecule has 0 saturated carbocycles. The molecule has 2 aromatic heterocycles. The second-order valence-electron chi connectivity index (χ2n) is 1.08. The van der Waals surface area contributed by atoms with Crippen LogP contribution in [0.3, 0.4) is 0 Å². The van der Waals surface area contributed by atoms with Crippen molar-refractivity contribution in [3.8, 4) is 0 Å². The number of hydrogen-bond acceptors (Lipinski definition) is 7. The highest BCUT2D eigenvalue weighted by Crippen LogP contribution is 1.77. The Kier molecular flexibility index (Phi) is 3.04. The molecule has 0 aliphatic rings. The van der Waals surface area contributed by atoms with Gasteiger partial charge in [0.15, 0.2) is 0 Å². The third kappa shape index (κ3) is 2.82. The van der Waals surface area contributed by atoms with Crippen molar-refractivity contribution in [1.29, 1.82) is 0 Å². The first-order valence-electron chi connectivity index (χ1n) is 2.27. The van der Waals surface area contributed by atoms with E-state index in [0.717, 1.165) is 6.39 Å². The highest BCUT2D eigenvalue weighted by atomic mass is 32.1. The van der Waals surface area contributed by atoms with Gasteiger partial charge < -0.3 is 4.52 Å². The summed E-state index contributed by atoms with van der Waals surface area (Å²) < 4.78 is 7.76. The van der Waals surface area contributed by atoms with Crippen molar-refractivity contribution in [3.63, 3.8) is 0 Å². The molecule has 2 rings (SSSR count). The Bertz CT molecular complexity index is 156. The zero-order valence-corrected chi connectivity index (χ0v) is 5.60. The van der Waals surface area contributed by atoms with Gasteiger partial charge in [0.25, 0.3) is 0 Å². The molecule has 2 aromatic rings. The highest BCUT2D eigenvalue weighted by molar-refractivity contribution is 7.03. The summed E-state index contributed by atoms with van der Waals surface area (Å²) in [5.41, 5.74) is 1.68. The van der Waals surface area contributed by atoms with Gasteiger partial charge in [-0.15, -0.1) is 0 Å². The van der Waals surface area contributed by atoms with E-state index in [1.807, 2.05) is 0 Å². The van der Waals surface area contributed by atoms with Crippen molar-refractivity contribution in [2.24, 2.45) is 0 Å². The third-order valence-corrected chi connectivity index (χ3v) is 0.944. The van der Waals surface area contributed by atoms with E-state index in [0.29, 0.717) is 0 Å². The van der Waals surface area contributed by atoms with Gasteiger partial charge >= 0.3 is 0 Å². The lowest BCUT2D eigenvalue weighted by atomic mass is 11.4. The molecule has 10 heavy (non-hydrogen) atoms. The van der Waals surface area contributed by atoms with Crippen LogP contribution in [0, 0.1) is 0 Å². The summed E-state index contributed by atoms with van der Waals surface area (Å²) in [6.07, 6.45) is 2.67. The summed E-state index contributed by atoms with van der Waals surface area (Å²) >= 11 is 1.35. The summed E-state index contributed by atoms with van der Waals surface area (Å²) in [5.74, 6) is 0. The Balaban J connectivity index is 0.0000001000. The van der Waals surface area contributed by atoms with Crippen molar-refractivity contribution < 1.29 is 4.52 Å². The molecule has 0 atom stereocenters. The van der Waals surface area contributed by atoms with Crippen LogP contribution in [0.25, 0.3) is 0 Å². The van der Waals surface area contributed by atoms with Gasteiger partial charge in [0, 0.05) is 0 Å². The Morgan fingerprint density at radius 3 is 2.60 bits per heavy atom. The minimum atomic E-state index is 1.15. The second kappa shape index (κ2) is 4.50. The van der Waals surface area contributed by atoms with E-state index in [1.54, 1.807) is 5.51 Å². The zero-order valence-electron chi connectivity index (χ0n) is 4.78. The maximum atomic E-state index is 4.11. The molecule has 6 nitrogen and oxygen atoms in total. The van der Waals surface area contributed by atoms with Gasteiger partial charge in [0.05, 0.1) is 5.27 Å². The summed E-state index contributed by atoms with van der Waals surface area (Å²) in [6, 6.07) is 0. The molecule has 0 amide bonds. The van der Waals surface area contributed by atoms with E-state index in [9.17, 15) is 0 Å². The predicted octanol–water partition coefficient (Wildman–Crippen LogP) is 0.00270. The first-order valence-corrected chi connectivity index (χ1v) is 3.11. The normalized spacial score (nSPS) is 8.00. The molecule has 0 aliphatic carbocycles. The van der Waals surface area contributed by atoms with E-state index in [4.69, 9.17) is 0 Å². The standard InChI is InChI=1S/C2H2N2S.CHN3O/c1-3-2-5-4-1;1-2-3-4-5-1/h1-2H;1H. The molecular weight excluding hydrogens is 154 g/mol. The van der Waals surface area contributed by atoms with Gasteiger partial charge in [0.2, 0.25) is 6.39 Å².